The summed E-state index contributed by atoms with van der Waals surface area (Å²) in [6, 6.07) is 5.32. The second-order valence-electron chi connectivity index (χ2n) is 4.55. The topological polar surface area (TPSA) is 52.0 Å². The molecule has 0 atom stereocenters. The van der Waals surface area contributed by atoms with Gasteiger partial charge in [-0.3, -0.25) is 0 Å². The summed E-state index contributed by atoms with van der Waals surface area (Å²) >= 11 is 12.0. The number of rotatable bonds is 8. The van der Waals surface area contributed by atoms with Crippen LogP contribution in [0.3, 0.4) is 0 Å². The van der Waals surface area contributed by atoms with Gasteiger partial charge in [0.25, 0.3) is 0 Å². The molecule has 1 N–H and O–H groups in total. The van der Waals surface area contributed by atoms with Gasteiger partial charge in [-0.1, -0.05) is 41.4 Å². The van der Waals surface area contributed by atoms with Crippen LogP contribution in [-0.2, 0) is 13.1 Å². The Kier molecular flexibility index (Phi) is 6.29. The van der Waals surface area contributed by atoms with E-state index in [9.17, 15) is 0 Å². The van der Waals surface area contributed by atoms with E-state index in [0.29, 0.717) is 28.9 Å². The Bertz CT molecular complexity index is 574. The Labute approximate surface area is 134 Å². The van der Waals surface area contributed by atoms with E-state index in [1.165, 1.54) is 0 Å². The summed E-state index contributed by atoms with van der Waals surface area (Å²) in [6.07, 6.45) is 3.01. The number of ether oxygens (including phenoxy) is 1. The van der Waals surface area contributed by atoms with Crippen molar-refractivity contribution < 1.29 is 4.74 Å². The molecule has 1 aromatic heterocycles. The van der Waals surface area contributed by atoms with Crippen molar-refractivity contribution in [1.82, 2.24) is 20.3 Å². The number of benzene rings is 1. The number of hydrogen-bond acceptors (Lipinski definition) is 4. The zero-order valence-electron chi connectivity index (χ0n) is 11.9. The Morgan fingerprint density at radius 1 is 1.33 bits per heavy atom. The van der Waals surface area contributed by atoms with Gasteiger partial charge in [0.2, 0.25) is 0 Å². The first-order valence-corrected chi connectivity index (χ1v) is 7.63. The van der Waals surface area contributed by atoms with Gasteiger partial charge < -0.3 is 10.1 Å². The summed E-state index contributed by atoms with van der Waals surface area (Å²) in [5, 5.41) is 12.3. The Morgan fingerprint density at radius 2 is 2.19 bits per heavy atom. The Morgan fingerprint density at radius 3 is 3.00 bits per heavy atom. The van der Waals surface area contributed by atoms with Gasteiger partial charge in [0.05, 0.1) is 17.3 Å². The van der Waals surface area contributed by atoms with Crippen LogP contribution < -0.4 is 10.1 Å². The van der Waals surface area contributed by atoms with E-state index in [4.69, 9.17) is 27.9 Å². The van der Waals surface area contributed by atoms with Crippen LogP contribution in [0.5, 0.6) is 5.75 Å². The summed E-state index contributed by atoms with van der Waals surface area (Å²) in [5.41, 5.74) is 0.921. The van der Waals surface area contributed by atoms with E-state index in [1.807, 2.05) is 6.20 Å². The van der Waals surface area contributed by atoms with Crippen molar-refractivity contribution in [3.8, 4) is 5.75 Å². The van der Waals surface area contributed by atoms with Crippen LogP contribution in [0.4, 0.5) is 0 Å². The van der Waals surface area contributed by atoms with Crippen LogP contribution >= 0.6 is 23.2 Å². The van der Waals surface area contributed by atoms with Crippen molar-refractivity contribution in [3.63, 3.8) is 0 Å². The molecule has 5 nitrogen and oxygen atoms in total. The lowest BCUT2D eigenvalue weighted by Crippen LogP contribution is -2.14. The van der Waals surface area contributed by atoms with Crippen molar-refractivity contribution in [2.24, 2.45) is 0 Å². The van der Waals surface area contributed by atoms with Gasteiger partial charge >= 0.3 is 0 Å². The third kappa shape index (κ3) is 4.88. The molecule has 7 heteroatoms. The molecule has 0 fully saturated rings. The van der Waals surface area contributed by atoms with Crippen molar-refractivity contribution in [2.45, 2.75) is 26.4 Å². The number of nitrogens with one attached hydrogen (secondary N) is 1. The van der Waals surface area contributed by atoms with E-state index in [0.717, 1.165) is 25.2 Å². The molecule has 114 valence electrons. The second-order valence-corrected chi connectivity index (χ2v) is 5.34. The monoisotopic (exact) mass is 328 g/mol. The number of nitrogens with zero attached hydrogens (tertiary/aromatic N) is 3. The highest BCUT2D eigenvalue weighted by Gasteiger charge is 2.06. The number of halogens is 2. The van der Waals surface area contributed by atoms with E-state index < -0.39 is 0 Å². The van der Waals surface area contributed by atoms with Crippen LogP contribution in [0, 0.1) is 0 Å². The van der Waals surface area contributed by atoms with Gasteiger partial charge in [-0.25, -0.2) is 4.68 Å². The minimum absolute atomic E-state index is 0.433. The maximum atomic E-state index is 6.05. The van der Waals surface area contributed by atoms with Crippen molar-refractivity contribution in [1.29, 1.82) is 0 Å². The molecule has 0 saturated carbocycles. The average Bonchev–Trinajstić information content (AvgIpc) is 2.92. The van der Waals surface area contributed by atoms with Gasteiger partial charge in [0.15, 0.2) is 0 Å². The van der Waals surface area contributed by atoms with Crippen LogP contribution in [-0.4, -0.2) is 28.1 Å². The molecule has 1 heterocycles. The minimum atomic E-state index is 0.433. The summed E-state index contributed by atoms with van der Waals surface area (Å²) in [4.78, 5) is 0. The van der Waals surface area contributed by atoms with E-state index in [2.05, 4.69) is 22.6 Å². The fraction of sp³-hybridized carbons (Fsp3) is 0.429. The van der Waals surface area contributed by atoms with Crippen LogP contribution in [0.25, 0.3) is 0 Å². The molecule has 0 aliphatic rings. The van der Waals surface area contributed by atoms with Crippen LogP contribution in [0.2, 0.25) is 10.0 Å². The third-order valence-corrected chi connectivity index (χ3v) is 3.61. The lowest BCUT2D eigenvalue weighted by Gasteiger charge is -2.08. The standard InChI is InChI=1S/C14H18Cl2N4O/c1-2-6-17-9-11-10-20(19-18-11)7-8-21-13-5-3-4-12(15)14(13)16/h3-5,10,17H,2,6-9H2,1H3. The lowest BCUT2D eigenvalue weighted by atomic mass is 10.3. The maximum absolute atomic E-state index is 6.05. The van der Waals surface area contributed by atoms with Crippen molar-refractivity contribution in [2.75, 3.05) is 13.2 Å². The van der Waals surface area contributed by atoms with Gasteiger partial charge in [-0.05, 0) is 25.1 Å². The molecule has 0 amide bonds. The Balaban J connectivity index is 1.79. The summed E-state index contributed by atoms with van der Waals surface area (Å²) in [6.45, 7) is 4.88. The molecule has 2 aromatic rings. The summed E-state index contributed by atoms with van der Waals surface area (Å²) in [5.74, 6) is 0.578. The van der Waals surface area contributed by atoms with Crippen molar-refractivity contribution >= 4 is 23.2 Å². The smallest absolute Gasteiger partial charge is 0.139 e. The molecular formula is C14H18Cl2N4O. The van der Waals surface area contributed by atoms with Gasteiger partial charge in [-0.2, -0.15) is 0 Å². The normalized spacial score (nSPS) is 10.8. The summed E-state index contributed by atoms with van der Waals surface area (Å²) in [7, 11) is 0. The van der Waals surface area contributed by atoms with E-state index in [1.54, 1.807) is 22.9 Å². The molecular weight excluding hydrogens is 311 g/mol. The molecule has 0 radical (unpaired) electrons. The molecule has 0 aliphatic carbocycles. The molecule has 2 rings (SSSR count). The predicted octanol–water partition coefficient (Wildman–Crippen LogP) is 3.16. The fourth-order valence-electron chi connectivity index (χ4n) is 1.77. The Hall–Kier alpha value is -1.30. The van der Waals surface area contributed by atoms with Gasteiger partial charge in [-0.15, -0.1) is 5.10 Å². The molecule has 21 heavy (non-hydrogen) atoms. The fourth-order valence-corrected chi connectivity index (χ4v) is 2.11. The van der Waals surface area contributed by atoms with Gasteiger partial charge in [0.1, 0.15) is 17.4 Å². The van der Waals surface area contributed by atoms with E-state index >= 15 is 0 Å². The average molecular weight is 329 g/mol. The third-order valence-electron chi connectivity index (χ3n) is 2.81. The van der Waals surface area contributed by atoms with Crippen molar-refractivity contribution in [3.05, 3.63) is 40.1 Å². The lowest BCUT2D eigenvalue weighted by molar-refractivity contribution is 0.290. The van der Waals surface area contributed by atoms with Gasteiger partial charge in [0, 0.05) is 12.7 Å². The highest BCUT2D eigenvalue weighted by Crippen LogP contribution is 2.31. The SMILES string of the molecule is CCCNCc1cn(CCOc2cccc(Cl)c2Cl)nn1. The molecule has 0 spiro atoms. The number of aromatic nitrogens is 3. The second kappa shape index (κ2) is 8.22. The first kappa shape index (κ1) is 16.1. The molecule has 0 aliphatic heterocycles. The zero-order valence-corrected chi connectivity index (χ0v) is 13.4. The molecule has 1 aromatic carbocycles. The zero-order chi connectivity index (χ0) is 15.1. The predicted molar refractivity (Wildman–Crippen MR) is 84.0 cm³/mol. The molecule has 0 unspecified atom stereocenters. The van der Waals surface area contributed by atoms with Crippen LogP contribution in [0.15, 0.2) is 24.4 Å². The molecule has 0 bridgehead atoms. The van der Waals surface area contributed by atoms with Crippen LogP contribution in [0.1, 0.15) is 19.0 Å². The van der Waals surface area contributed by atoms with E-state index in [-0.39, 0.29) is 0 Å². The largest absolute Gasteiger partial charge is 0.490 e. The maximum Gasteiger partial charge on any atom is 0.139 e. The first-order valence-electron chi connectivity index (χ1n) is 6.87. The highest BCUT2D eigenvalue weighted by molar-refractivity contribution is 6.42. The number of hydrogen-bond donors (Lipinski definition) is 1. The quantitative estimate of drug-likeness (QED) is 0.756. The summed E-state index contributed by atoms with van der Waals surface area (Å²) < 4.78 is 7.36. The highest BCUT2D eigenvalue weighted by atomic mass is 35.5. The first-order chi connectivity index (χ1) is 10.2. The minimum Gasteiger partial charge on any atom is -0.490 e. The molecule has 0 saturated heterocycles.